The van der Waals surface area contributed by atoms with Crippen LogP contribution in [0.4, 0.5) is 0 Å². The van der Waals surface area contributed by atoms with Crippen molar-refractivity contribution < 1.29 is 9.53 Å². The second-order valence-electron chi connectivity index (χ2n) is 5.42. The summed E-state index contributed by atoms with van der Waals surface area (Å²) in [4.78, 5) is 12.2. The monoisotopic (exact) mass is 255 g/mol. The van der Waals surface area contributed by atoms with E-state index in [9.17, 15) is 4.79 Å². The largest absolute Gasteiger partial charge is 0.465 e. The molecule has 3 nitrogen and oxygen atoms in total. The molecule has 1 aliphatic rings. The van der Waals surface area contributed by atoms with Gasteiger partial charge in [0.2, 0.25) is 0 Å². The second kappa shape index (κ2) is 7.78. The van der Waals surface area contributed by atoms with Crippen molar-refractivity contribution in [2.45, 2.75) is 71.3 Å². The number of rotatable bonds is 6. The Balaban J connectivity index is 2.69. The van der Waals surface area contributed by atoms with E-state index in [2.05, 4.69) is 19.2 Å². The quantitative estimate of drug-likeness (QED) is 0.585. The summed E-state index contributed by atoms with van der Waals surface area (Å²) in [5, 5.41) is 3.41. The van der Waals surface area contributed by atoms with Gasteiger partial charge in [0.1, 0.15) is 5.54 Å². The molecule has 0 aromatic rings. The summed E-state index contributed by atoms with van der Waals surface area (Å²) in [5.74, 6) is 0.758. The van der Waals surface area contributed by atoms with E-state index in [1.807, 2.05) is 6.92 Å². The maximum absolute atomic E-state index is 12.2. The Kier molecular flexibility index (Phi) is 6.69. The molecule has 0 aliphatic heterocycles. The minimum atomic E-state index is -0.409. The van der Waals surface area contributed by atoms with Crippen LogP contribution in [0.5, 0.6) is 0 Å². The van der Waals surface area contributed by atoms with Crippen LogP contribution in [0.15, 0.2) is 0 Å². The zero-order chi connectivity index (χ0) is 13.4. The van der Waals surface area contributed by atoms with Crippen molar-refractivity contribution in [1.29, 1.82) is 0 Å². The predicted octanol–water partition coefficient (Wildman–Crippen LogP) is 3.28. The molecule has 0 heterocycles. The standard InChI is InChI=1S/C15H29NO2/c1-4-8-13-9-7-11-15(12-10-13,16-5-2)14(17)18-6-3/h13,16H,4-12H2,1-3H3. The fourth-order valence-corrected chi connectivity index (χ4v) is 3.17. The van der Waals surface area contributed by atoms with Crippen LogP contribution in [0.1, 0.15) is 65.7 Å². The van der Waals surface area contributed by atoms with Crippen molar-refractivity contribution in [3.8, 4) is 0 Å². The summed E-state index contributed by atoms with van der Waals surface area (Å²) < 4.78 is 5.29. The normalized spacial score (nSPS) is 28.7. The zero-order valence-corrected chi connectivity index (χ0v) is 12.3. The maximum Gasteiger partial charge on any atom is 0.326 e. The molecule has 18 heavy (non-hydrogen) atoms. The van der Waals surface area contributed by atoms with Crippen LogP contribution in [0, 0.1) is 5.92 Å². The van der Waals surface area contributed by atoms with E-state index in [1.165, 1.54) is 19.3 Å². The number of ether oxygens (including phenoxy) is 1. The number of carbonyl (C=O) groups is 1. The number of esters is 1. The first-order valence-corrected chi connectivity index (χ1v) is 7.60. The number of likely N-dealkylation sites (N-methyl/N-ethyl adjacent to an activating group) is 1. The van der Waals surface area contributed by atoms with Gasteiger partial charge in [0.05, 0.1) is 6.61 Å². The van der Waals surface area contributed by atoms with Crippen LogP contribution < -0.4 is 5.32 Å². The molecule has 3 heteroatoms. The van der Waals surface area contributed by atoms with Gasteiger partial charge in [-0.3, -0.25) is 4.79 Å². The second-order valence-corrected chi connectivity index (χ2v) is 5.42. The fraction of sp³-hybridized carbons (Fsp3) is 0.933. The highest BCUT2D eigenvalue weighted by Crippen LogP contribution is 2.33. The SMILES string of the molecule is CCCC1CCCC(NCC)(C(=O)OCC)CC1. The Bertz CT molecular complexity index is 255. The number of hydrogen-bond acceptors (Lipinski definition) is 3. The van der Waals surface area contributed by atoms with Crippen LogP contribution in [0.2, 0.25) is 0 Å². The first kappa shape index (κ1) is 15.5. The van der Waals surface area contributed by atoms with E-state index >= 15 is 0 Å². The van der Waals surface area contributed by atoms with E-state index in [-0.39, 0.29) is 5.97 Å². The molecular formula is C15H29NO2. The zero-order valence-electron chi connectivity index (χ0n) is 12.3. The third-order valence-electron chi connectivity index (χ3n) is 4.07. The lowest BCUT2D eigenvalue weighted by molar-refractivity contribution is -0.152. The van der Waals surface area contributed by atoms with Crippen molar-refractivity contribution >= 4 is 5.97 Å². The van der Waals surface area contributed by atoms with Crippen molar-refractivity contribution in [1.82, 2.24) is 5.32 Å². The maximum atomic E-state index is 12.2. The third-order valence-corrected chi connectivity index (χ3v) is 4.07. The molecule has 1 aliphatic carbocycles. The lowest BCUT2D eigenvalue weighted by atomic mass is 9.89. The first-order valence-electron chi connectivity index (χ1n) is 7.60. The van der Waals surface area contributed by atoms with Crippen LogP contribution in [-0.4, -0.2) is 24.7 Å². The van der Waals surface area contributed by atoms with Gasteiger partial charge in [-0.05, 0) is 38.6 Å². The van der Waals surface area contributed by atoms with Crippen molar-refractivity contribution in [2.24, 2.45) is 5.92 Å². The van der Waals surface area contributed by atoms with Gasteiger partial charge in [0.15, 0.2) is 0 Å². The Hall–Kier alpha value is -0.570. The summed E-state index contributed by atoms with van der Waals surface area (Å²) in [5.41, 5.74) is -0.409. The minimum absolute atomic E-state index is 0.0380. The van der Waals surface area contributed by atoms with E-state index in [0.29, 0.717) is 6.61 Å². The third kappa shape index (κ3) is 3.98. The lowest BCUT2D eigenvalue weighted by Gasteiger charge is -2.31. The average Bonchev–Trinajstić information content (AvgIpc) is 2.55. The van der Waals surface area contributed by atoms with E-state index < -0.39 is 5.54 Å². The van der Waals surface area contributed by atoms with E-state index in [4.69, 9.17) is 4.74 Å². The van der Waals surface area contributed by atoms with Crippen molar-refractivity contribution in [3.05, 3.63) is 0 Å². The molecule has 2 unspecified atom stereocenters. The molecule has 0 amide bonds. The molecule has 0 bridgehead atoms. The summed E-state index contributed by atoms with van der Waals surface area (Å²) >= 11 is 0. The minimum Gasteiger partial charge on any atom is -0.465 e. The van der Waals surface area contributed by atoms with Gasteiger partial charge in [0, 0.05) is 0 Å². The van der Waals surface area contributed by atoms with Gasteiger partial charge in [-0.2, -0.15) is 0 Å². The Morgan fingerprint density at radius 1 is 1.28 bits per heavy atom. The van der Waals surface area contributed by atoms with Gasteiger partial charge >= 0.3 is 5.97 Å². The van der Waals surface area contributed by atoms with Gasteiger partial charge < -0.3 is 10.1 Å². The van der Waals surface area contributed by atoms with Crippen molar-refractivity contribution in [2.75, 3.05) is 13.2 Å². The molecular weight excluding hydrogens is 226 g/mol. The Morgan fingerprint density at radius 2 is 2.06 bits per heavy atom. The van der Waals surface area contributed by atoms with Crippen LogP contribution in [-0.2, 0) is 9.53 Å². The molecule has 0 aromatic heterocycles. The number of carbonyl (C=O) groups excluding carboxylic acids is 1. The predicted molar refractivity (Wildman–Crippen MR) is 74.5 cm³/mol. The smallest absolute Gasteiger partial charge is 0.326 e. The Morgan fingerprint density at radius 3 is 2.67 bits per heavy atom. The summed E-state index contributed by atoms with van der Waals surface area (Å²) in [7, 11) is 0. The highest BCUT2D eigenvalue weighted by molar-refractivity contribution is 5.80. The molecule has 106 valence electrons. The molecule has 2 atom stereocenters. The van der Waals surface area contributed by atoms with Crippen LogP contribution >= 0.6 is 0 Å². The number of nitrogens with one attached hydrogen (secondary N) is 1. The number of hydrogen-bond donors (Lipinski definition) is 1. The average molecular weight is 255 g/mol. The van der Waals surface area contributed by atoms with Gasteiger partial charge in [0.25, 0.3) is 0 Å². The van der Waals surface area contributed by atoms with E-state index in [0.717, 1.165) is 38.1 Å². The summed E-state index contributed by atoms with van der Waals surface area (Å²) in [6, 6.07) is 0. The molecule has 0 spiro atoms. The van der Waals surface area contributed by atoms with Gasteiger partial charge in [-0.1, -0.05) is 39.5 Å². The Labute approximate surface area is 112 Å². The van der Waals surface area contributed by atoms with E-state index in [1.54, 1.807) is 0 Å². The summed E-state index contributed by atoms with van der Waals surface area (Å²) in [6.07, 6.45) is 7.96. The fourth-order valence-electron chi connectivity index (χ4n) is 3.17. The van der Waals surface area contributed by atoms with Gasteiger partial charge in [-0.25, -0.2) is 0 Å². The molecule has 1 saturated carbocycles. The molecule has 1 N–H and O–H groups in total. The first-order chi connectivity index (χ1) is 8.68. The van der Waals surface area contributed by atoms with Crippen molar-refractivity contribution in [3.63, 3.8) is 0 Å². The molecule has 1 fully saturated rings. The molecule has 1 rings (SSSR count). The molecule has 0 saturated heterocycles. The highest BCUT2D eigenvalue weighted by atomic mass is 16.5. The summed E-state index contributed by atoms with van der Waals surface area (Å²) in [6.45, 7) is 7.50. The highest BCUT2D eigenvalue weighted by Gasteiger charge is 2.40. The van der Waals surface area contributed by atoms with Crippen LogP contribution in [0.3, 0.4) is 0 Å². The van der Waals surface area contributed by atoms with Gasteiger partial charge in [-0.15, -0.1) is 0 Å². The molecule has 0 radical (unpaired) electrons. The topological polar surface area (TPSA) is 38.3 Å². The lowest BCUT2D eigenvalue weighted by Crippen LogP contribution is -2.52. The molecule has 0 aromatic carbocycles. The van der Waals surface area contributed by atoms with Crippen LogP contribution in [0.25, 0.3) is 0 Å².